The Morgan fingerprint density at radius 2 is 1.79 bits per heavy atom. The molecule has 2 unspecified atom stereocenters. The molecule has 10 heteroatoms. The summed E-state index contributed by atoms with van der Waals surface area (Å²) in [5.41, 5.74) is 0.961. The molecule has 0 saturated carbocycles. The van der Waals surface area contributed by atoms with E-state index >= 15 is 0 Å². The number of urea groups is 1. The van der Waals surface area contributed by atoms with Gasteiger partial charge in [-0.25, -0.2) is 19.2 Å². The van der Waals surface area contributed by atoms with E-state index in [1.807, 2.05) is 24.8 Å². The maximum Gasteiger partial charge on any atom is 0.319 e. The molecule has 2 saturated heterocycles. The molecule has 1 aromatic heterocycles. The topological polar surface area (TPSA) is 85.9 Å². The SMILES string of the molecule is CC1CN(c2ccc(NC(=O)NCCN3CCN(c4ncccn4)CC3)cc2F)CC(C)O1. The van der Waals surface area contributed by atoms with E-state index in [2.05, 4.69) is 30.4 Å². The van der Waals surface area contributed by atoms with Gasteiger partial charge in [-0.3, -0.25) is 4.90 Å². The summed E-state index contributed by atoms with van der Waals surface area (Å²) in [6.45, 7) is 9.97. The van der Waals surface area contributed by atoms with Crippen molar-refractivity contribution in [2.24, 2.45) is 0 Å². The van der Waals surface area contributed by atoms with Crippen molar-refractivity contribution < 1.29 is 13.9 Å². The molecule has 2 amide bonds. The monoisotopic (exact) mass is 457 g/mol. The van der Waals surface area contributed by atoms with Gasteiger partial charge < -0.3 is 25.2 Å². The zero-order valence-corrected chi connectivity index (χ0v) is 19.2. The number of nitrogens with zero attached hydrogens (tertiary/aromatic N) is 5. The van der Waals surface area contributed by atoms with Crippen LogP contribution in [0, 0.1) is 5.82 Å². The molecule has 2 aromatic rings. The Morgan fingerprint density at radius 1 is 1.09 bits per heavy atom. The second kappa shape index (κ2) is 10.8. The number of piperazine rings is 1. The molecule has 4 rings (SSSR count). The van der Waals surface area contributed by atoms with Gasteiger partial charge in [-0.15, -0.1) is 0 Å². The molecular weight excluding hydrogens is 425 g/mol. The molecule has 2 atom stereocenters. The molecule has 2 aliphatic heterocycles. The number of anilines is 3. The summed E-state index contributed by atoms with van der Waals surface area (Å²) in [6, 6.07) is 6.28. The second-order valence-electron chi connectivity index (χ2n) is 8.59. The summed E-state index contributed by atoms with van der Waals surface area (Å²) in [5, 5.41) is 5.57. The van der Waals surface area contributed by atoms with Crippen LogP contribution >= 0.6 is 0 Å². The Kier molecular flexibility index (Phi) is 7.56. The summed E-state index contributed by atoms with van der Waals surface area (Å²) in [7, 11) is 0. The summed E-state index contributed by atoms with van der Waals surface area (Å²) in [5.74, 6) is 0.403. The highest BCUT2D eigenvalue weighted by Crippen LogP contribution is 2.26. The minimum atomic E-state index is -0.352. The summed E-state index contributed by atoms with van der Waals surface area (Å²) in [6.07, 6.45) is 3.60. The molecule has 178 valence electrons. The number of morpholine rings is 1. The summed E-state index contributed by atoms with van der Waals surface area (Å²) < 4.78 is 20.4. The fourth-order valence-corrected chi connectivity index (χ4v) is 4.34. The molecule has 2 aliphatic rings. The first kappa shape index (κ1) is 23.2. The van der Waals surface area contributed by atoms with Crippen molar-refractivity contribution >= 4 is 23.4 Å². The molecular formula is C23H32FN7O2. The smallest absolute Gasteiger partial charge is 0.319 e. The van der Waals surface area contributed by atoms with Crippen LogP contribution in [-0.4, -0.2) is 85.5 Å². The van der Waals surface area contributed by atoms with E-state index in [9.17, 15) is 9.18 Å². The molecule has 0 radical (unpaired) electrons. The molecule has 2 fully saturated rings. The number of aromatic nitrogens is 2. The minimum Gasteiger partial charge on any atom is -0.372 e. The molecule has 9 nitrogen and oxygen atoms in total. The number of carbonyl (C=O) groups excluding carboxylic acids is 1. The Balaban J connectivity index is 1.19. The van der Waals surface area contributed by atoms with Crippen LogP contribution in [0.5, 0.6) is 0 Å². The van der Waals surface area contributed by atoms with Crippen molar-refractivity contribution in [3.63, 3.8) is 0 Å². The summed E-state index contributed by atoms with van der Waals surface area (Å²) >= 11 is 0. The summed E-state index contributed by atoms with van der Waals surface area (Å²) in [4.78, 5) is 27.3. The van der Waals surface area contributed by atoms with Gasteiger partial charge in [0.15, 0.2) is 0 Å². The van der Waals surface area contributed by atoms with Gasteiger partial charge in [-0.1, -0.05) is 0 Å². The van der Waals surface area contributed by atoms with Gasteiger partial charge >= 0.3 is 6.03 Å². The van der Waals surface area contributed by atoms with Gasteiger partial charge in [0.25, 0.3) is 0 Å². The lowest BCUT2D eigenvalue weighted by molar-refractivity contribution is -0.00539. The van der Waals surface area contributed by atoms with E-state index in [0.717, 1.165) is 38.7 Å². The van der Waals surface area contributed by atoms with Crippen LogP contribution < -0.4 is 20.4 Å². The van der Waals surface area contributed by atoms with Crippen LogP contribution in [0.2, 0.25) is 0 Å². The van der Waals surface area contributed by atoms with Gasteiger partial charge in [-0.2, -0.15) is 0 Å². The number of carbonyl (C=O) groups is 1. The van der Waals surface area contributed by atoms with Crippen molar-refractivity contribution in [2.75, 3.05) is 67.5 Å². The molecule has 0 aliphatic carbocycles. The highest BCUT2D eigenvalue weighted by Gasteiger charge is 2.24. The van der Waals surface area contributed by atoms with Crippen molar-refractivity contribution in [2.45, 2.75) is 26.1 Å². The number of amides is 2. The molecule has 33 heavy (non-hydrogen) atoms. The first-order chi connectivity index (χ1) is 16.0. The number of benzene rings is 1. The number of rotatable bonds is 6. The van der Waals surface area contributed by atoms with Crippen molar-refractivity contribution in [1.82, 2.24) is 20.2 Å². The van der Waals surface area contributed by atoms with Gasteiger partial charge in [0.1, 0.15) is 5.82 Å². The van der Waals surface area contributed by atoms with Crippen LogP contribution in [0.4, 0.5) is 26.5 Å². The third kappa shape index (κ3) is 6.29. The Labute approximate surface area is 193 Å². The average molecular weight is 458 g/mol. The molecule has 3 heterocycles. The quantitative estimate of drug-likeness (QED) is 0.688. The lowest BCUT2D eigenvalue weighted by Gasteiger charge is -2.37. The average Bonchev–Trinajstić information content (AvgIpc) is 2.79. The predicted molar refractivity (Wildman–Crippen MR) is 126 cm³/mol. The van der Waals surface area contributed by atoms with Gasteiger partial charge in [0, 0.05) is 70.4 Å². The third-order valence-corrected chi connectivity index (χ3v) is 5.89. The second-order valence-corrected chi connectivity index (χ2v) is 8.59. The maximum atomic E-state index is 14.7. The molecule has 0 spiro atoms. The first-order valence-corrected chi connectivity index (χ1v) is 11.5. The van der Waals surface area contributed by atoms with Gasteiger partial charge in [-0.05, 0) is 38.1 Å². The number of halogens is 1. The van der Waals surface area contributed by atoms with E-state index in [1.54, 1.807) is 24.5 Å². The van der Waals surface area contributed by atoms with Crippen molar-refractivity contribution in [1.29, 1.82) is 0 Å². The standard InChI is InChI=1S/C23H32FN7O2/c1-17-15-31(16-18(2)33-17)21-5-4-19(14-20(21)24)28-23(32)27-8-9-29-10-12-30(13-11-29)22-25-6-3-7-26-22/h3-7,14,17-18H,8-13,15-16H2,1-2H3,(H2,27,28,32). The third-order valence-electron chi connectivity index (χ3n) is 5.89. The number of hydrogen-bond donors (Lipinski definition) is 2. The van der Waals surface area contributed by atoms with Crippen molar-refractivity contribution in [3.05, 3.63) is 42.5 Å². The lowest BCUT2D eigenvalue weighted by atomic mass is 10.2. The zero-order valence-electron chi connectivity index (χ0n) is 19.2. The van der Waals surface area contributed by atoms with Crippen LogP contribution in [0.1, 0.15) is 13.8 Å². The highest BCUT2D eigenvalue weighted by atomic mass is 19.1. The van der Waals surface area contributed by atoms with E-state index in [0.29, 0.717) is 31.0 Å². The minimum absolute atomic E-state index is 0.0476. The van der Waals surface area contributed by atoms with Gasteiger partial charge in [0.05, 0.1) is 17.9 Å². The number of hydrogen-bond acceptors (Lipinski definition) is 7. The molecule has 0 bridgehead atoms. The highest BCUT2D eigenvalue weighted by molar-refractivity contribution is 5.89. The first-order valence-electron chi connectivity index (χ1n) is 11.5. The van der Waals surface area contributed by atoms with Crippen LogP contribution in [0.3, 0.4) is 0 Å². The van der Waals surface area contributed by atoms with E-state index in [4.69, 9.17) is 4.74 Å². The lowest BCUT2D eigenvalue weighted by Crippen LogP contribution is -2.49. The van der Waals surface area contributed by atoms with Crippen LogP contribution in [-0.2, 0) is 4.74 Å². The van der Waals surface area contributed by atoms with E-state index < -0.39 is 0 Å². The van der Waals surface area contributed by atoms with Gasteiger partial charge in [0.2, 0.25) is 5.95 Å². The fraction of sp³-hybridized carbons (Fsp3) is 0.522. The van der Waals surface area contributed by atoms with E-state index in [1.165, 1.54) is 6.07 Å². The van der Waals surface area contributed by atoms with Crippen LogP contribution in [0.25, 0.3) is 0 Å². The van der Waals surface area contributed by atoms with E-state index in [-0.39, 0.29) is 24.1 Å². The zero-order chi connectivity index (χ0) is 23.2. The number of ether oxygens (including phenoxy) is 1. The fourth-order valence-electron chi connectivity index (χ4n) is 4.34. The number of nitrogens with one attached hydrogen (secondary N) is 2. The maximum absolute atomic E-state index is 14.7. The molecule has 1 aromatic carbocycles. The Morgan fingerprint density at radius 3 is 2.45 bits per heavy atom. The Bertz CT molecular complexity index is 914. The largest absolute Gasteiger partial charge is 0.372 e. The molecule has 2 N–H and O–H groups in total. The van der Waals surface area contributed by atoms with Crippen molar-refractivity contribution in [3.8, 4) is 0 Å². The predicted octanol–water partition coefficient (Wildman–Crippen LogP) is 2.17. The normalized spacial score (nSPS) is 21.7. The Hall–Kier alpha value is -2.98. The van der Waals surface area contributed by atoms with Crippen LogP contribution in [0.15, 0.2) is 36.7 Å².